The molecule has 0 spiro atoms. The van der Waals surface area contributed by atoms with E-state index in [2.05, 4.69) is 0 Å². The van der Waals surface area contributed by atoms with Gasteiger partial charge in [0, 0.05) is 0 Å². The van der Waals surface area contributed by atoms with Crippen molar-refractivity contribution in [3.63, 3.8) is 0 Å². The van der Waals surface area contributed by atoms with E-state index in [-0.39, 0.29) is 0 Å². The van der Waals surface area contributed by atoms with Gasteiger partial charge in [-0.1, -0.05) is 0 Å². The van der Waals surface area contributed by atoms with Crippen LogP contribution in [0.25, 0.3) is 0 Å². The zero-order valence-corrected chi connectivity index (χ0v) is 12.0. The van der Waals surface area contributed by atoms with E-state index < -0.39 is 74.6 Å². The molecule has 0 aromatic rings. The van der Waals surface area contributed by atoms with Gasteiger partial charge in [-0.2, -0.15) is 0 Å². The van der Waals surface area contributed by atoms with Gasteiger partial charge in [0.1, 0.15) is 49.3 Å². The van der Waals surface area contributed by atoms with Crippen LogP contribution in [0.4, 0.5) is 0 Å². The van der Waals surface area contributed by atoms with Crippen LogP contribution in [0.15, 0.2) is 0 Å². The van der Waals surface area contributed by atoms with Crippen LogP contribution in [0.5, 0.6) is 0 Å². The van der Waals surface area contributed by atoms with Crippen LogP contribution in [-0.2, 0) is 14.2 Å². The molecule has 0 amide bonds. The number of rotatable bonds is 5. The summed E-state index contributed by atoms with van der Waals surface area (Å²) in [7, 11) is 0. The molecule has 0 aromatic carbocycles. The third-order valence-electron chi connectivity index (χ3n) is 4.07. The van der Waals surface area contributed by atoms with Crippen molar-refractivity contribution in [2.75, 3.05) is 19.8 Å². The Morgan fingerprint density at radius 1 is 0.783 bits per heavy atom. The minimum absolute atomic E-state index is 0.669. The highest BCUT2D eigenvalue weighted by molar-refractivity contribution is 4.98. The van der Waals surface area contributed by atoms with E-state index in [0.29, 0.717) is 0 Å². The van der Waals surface area contributed by atoms with Crippen LogP contribution >= 0.6 is 0 Å². The topological polar surface area (TPSA) is 190 Å². The van der Waals surface area contributed by atoms with E-state index in [9.17, 15) is 30.6 Å². The molecule has 9 atom stereocenters. The van der Waals surface area contributed by atoms with E-state index in [1.165, 1.54) is 0 Å². The predicted octanol–water partition coefficient (Wildman–Crippen LogP) is -5.40. The highest BCUT2D eigenvalue weighted by Gasteiger charge is 2.58. The van der Waals surface area contributed by atoms with E-state index in [1.807, 2.05) is 0 Å². The minimum Gasteiger partial charge on any atom is -0.394 e. The SMILES string of the molecule is OCC1OC(O[C@]2(CO)O[C@H](CO)C(O)C2O)C(O)C(O)C1O. The lowest BCUT2D eigenvalue weighted by Crippen LogP contribution is -2.62. The Balaban J connectivity index is 2.18. The fourth-order valence-corrected chi connectivity index (χ4v) is 2.63. The first-order valence-corrected chi connectivity index (χ1v) is 7.05. The predicted molar refractivity (Wildman–Crippen MR) is 68.6 cm³/mol. The molecule has 2 aliphatic heterocycles. The van der Waals surface area contributed by atoms with Gasteiger partial charge in [-0.15, -0.1) is 0 Å². The van der Waals surface area contributed by atoms with Gasteiger partial charge in [-0.3, -0.25) is 0 Å². The first-order valence-electron chi connectivity index (χ1n) is 7.05. The Hall–Kier alpha value is -0.440. The Labute approximate surface area is 130 Å². The molecular formula is C12H22O11. The molecule has 2 heterocycles. The summed E-state index contributed by atoms with van der Waals surface area (Å²) in [6.07, 6.45) is -12.7. The standard InChI is InChI=1S/C12H22O11/c13-1-4-6(16)8(18)9(19)11(21-4)23-12(3-15)10(20)7(17)5(2-14)22-12/h4-11,13-20H,1-3H2/t4?,5-,6?,7?,8?,9?,10?,11?,12+/m1/s1. The largest absolute Gasteiger partial charge is 0.394 e. The average Bonchev–Trinajstić information content (AvgIpc) is 2.80. The number of aliphatic hydroxyl groups excluding tert-OH is 8. The van der Waals surface area contributed by atoms with Gasteiger partial charge >= 0.3 is 0 Å². The van der Waals surface area contributed by atoms with Crippen LogP contribution in [0.1, 0.15) is 0 Å². The Morgan fingerprint density at radius 3 is 1.87 bits per heavy atom. The molecule has 0 aromatic heterocycles. The molecule has 23 heavy (non-hydrogen) atoms. The van der Waals surface area contributed by atoms with Crippen LogP contribution in [0.2, 0.25) is 0 Å². The zero-order valence-electron chi connectivity index (χ0n) is 12.0. The maximum absolute atomic E-state index is 10.00. The van der Waals surface area contributed by atoms with Crippen LogP contribution in [-0.4, -0.2) is 115 Å². The summed E-state index contributed by atoms with van der Waals surface area (Å²) in [4.78, 5) is 0. The molecule has 0 aliphatic carbocycles. The van der Waals surface area contributed by atoms with Crippen LogP contribution in [0.3, 0.4) is 0 Å². The summed E-state index contributed by atoms with van der Waals surface area (Å²) in [5, 5.41) is 76.7. The van der Waals surface area contributed by atoms with Gasteiger partial charge in [0.2, 0.25) is 5.79 Å². The lowest BCUT2D eigenvalue weighted by molar-refractivity contribution is -0.383. The maximum atomic E-state index is 10.00. The fourth-order valence-electron chi connectivity index (χ4n) is 2.63. The maximum Gasteiger partial charge on any atom is 0.224 e. The molecular weight excluding hydrogens is 320 g/mol. The van der Waals surface area contributed by atoms with E-state index in [0.717, 1.165) is 0 Å². The van der Waals surface area contributed by atoms with Crippen LogP contribution < -0.4 is 0 Å². The van der Waals surface area contributed by atoms with Crippen molar-refractivity contribution >= 4 is 0 Å². The van der Waals surface area contributed by atoms with Crippen LogP contribution in [0, 0.1) is 0 Å². The quantitative estimate of drug-likeness (QED) is 0.238. The van der Waals surface area contributed by atoms with E-state index in [4.69, 9.17) is 24.4 Å². The smallest absolute Gasteiger partial charge is 0.224 e. The summed E-state index contributed by atoms with van der Waals surface area (Å²) in [5.41, 5.74) is 0. The molecule has 2 rings (SSSR count). The van der Waals surface area contributed by atoms with Crippen molar-refractivity contribution in [1.29, 1.82) is 0 Å². The normalized spacial score (nSPS) is 51.1. The summed E-state index contributed by atoms with van der Waals surface area (Å²) >= 11 is 0. The Bertz CT molecular complexity index is 393. The number of ether oxygens (including phenoxy) is 3. The van der Waals surface area contributed by atoms with Gasteiger partial charge in [0.25, 0.3) is 0 Å². The highest BCUT2D eigenvalue weighted by Crippen LogP contribution is 2.35. The van der Waals surface area contributed by atoms with Gasteiger partial charge in [0.05, 0.1) is 13.2 Å². The molecule has 7 unspecified atom stereocenters. The number of hydrogen-bond donors (Lipinski definition) is 8. The molecule has 0 bridgehead atoms. The minimum atomic E-state index is -2.22. The Morgan fingerprint density at radius 2 is 1.39 bits per heavy atom. The summed E-state index contributed by atoms with van der Waals surface area (Å²) in [5.74, 6) is -2.22. The summed E-state index contributed by atoms with van der Waals surface area (Å²) in [6, 6.07) is 0. The lowest BCUT2D eigenvalue weighted by atomic mass is 9.99. The van der Waals surface area contributed by atoms with Crippen molar-refractivity contribution in [2.45, 2.75) is 54.8 Å². The third-order valence-corrected chi connectivity index (χ3v) is 4.07. The van der Waals surface area contributed by atoms with Crippen molar-refractivity contribution < 1.29 is 55.1 Å². The van der Waals surface area contributed by atoms with Crippen molar-refractivity contribution in [3.05, 3.63) is 0 Å². The lowest BCUT2D eigenvalue weighted by Gasteiger charge is -2.43. The molecule has 2 fully saturated rings. The number of aliphatic hydroxyl groups is 8. The van der Waals surface area contributed by atoms with Crippen molar-refractivity contribution in [1.82, 2.24) is 0 Å². The molecule has 0 saturated carbocycles. The molecule has 2 aliphatic rings. The monoisotopic (exact) mass is 342 g/mol. The second-order valence-electron chi connectivity index (χ2n) is 5.56. The second-order valence-corrected chi connectivity index (χ2v) is 5.56. The van der Waals surface area contributed by atoms with Crippen molar-refractivity contribution in [3.8, 4) is 0 Å². The van der Waals surface area contributed by atoms with Gasteiger partial charge < -0.3 is 55.1 Å². The molecule has 136 valence electrons. The van der Waals surface area contributed by atoms with Gasteiger partial charge in [-0.05, 0) is 0 Å². The van der Waals surface area contributed by atoms with E-state index in [1.54, 1.807) is 0 Å². The first kappa shape index (κ1) is 18.9. The fraction of sp³-hybridized carbons (Fsp3) is 1.00. The van der Waals surface area contributed by atoms with Gasteiger partial charge in [0.15, 0.2) is 6.29 Å². The molecule has 0 radical (unpaired) electrons. The molecule has 2 saturated heterocycles. The third kappa shape index (κ3) is 3.23. The zero-order chi connectivity index (χ0) is 17.4. The van der Waals surface area contributed by atoms with E-state index >= 15 is 0 Å². The first-order chi connectivity index (χ1) is 10.8. The molecule has 8 N–H and O–H groups in total. The summed E-state index contributed by atoms with van der Waals surface area (Å²) in [6.45, 7) is -2.32. The Kier molecular flexibility index (Phi) is 5.92. The molecule has 11 nitrogen and oxygen atoms in total. The highest BCUT2D eigenvalue weighted by atomic mass is 16.8. The summed E-state index contributed by atoms with van der Waals surface area (Å²) < 4.78 is 15.4. The van der Waals surface area contributed by atoms with Gasteiger partial charge in [-0.25, -0.2) is 0 Å². The van der Waals surface area contributed by atoms with Crippen molar-refractivity contribution in [2.24, 2.45) is 0 Å². The average molecular weight is 342 g/mol. The number of hydrogen-bond acceptors (Lipinski definition) is 11. The molecule has 11 heteroatoms. The second kappa shape index (κ2) is 7.21.